The number of carbonyl (C=O) groups excluding carboxylic acids is 2. The van der Waals surface area contributed by atoms with Crippen molar-refractivity contribution in [3.8, 4) is 11.5 Å². The summed E-state index contributed by atoms with van der Waals surface area (Å²) in [5.74, 6) is 0.579. The Morgan fingerprint density at radius 1 is 0.806 bits per heavy atom. The highest BCUT2D eigenvalue weighted by Crippen LogP contribution is 2.32. The van der Waals surface area contributed by atoms with Crippen LogP contribution in [-0.4, -0.2) is 23.7 Å². The molecule has 8 heteroatoms. The molecule has 0 aliphatic carbocycles. The van der Waals surface area contributed by atoms with Gasteiger partial charge in [0.05, 0.1) is 0 Å². The zero-order chi connectivity index (χ0) is 21.8. The van der Waals surface area contributed by atoms with E-state index >= 15 is 0 Å². The first-order valence-corrected chi connectivity index (χ1v) is 9.89. The van der Waals surface area contributed by atoms with Crippen LogP contribution < -0.4 is 25.4 Å². The van der Waals surface area contributed by atoms with Gasteiger partial charge in [-0.15, -0.1) is 0 Å². The summed E-state index contributed by atoms with van der Waals surface area (Å²) in [5.41, 5.74) is 3.33. The fourth-order valence-electron chi connectivity index (χ4n) is 3.00. The molecule has 2 amide bonds. The molecule has 0 aromatic heterocycles. The number of fused-ring (bicyclic) bond motifs is 1. The molecule has 0 spiro atoms. The summed E-state index contributed by atoms with van der Waals surface area (Å²) in [4.78, 5) is 24.7. The Labute approximate surface area is 184 Å². The standard InChI is InChI=1S/C23H19N3O4S/c1-14-3-2-4-15(11-14)21(27)24-17-6-8-18(9-7-17)25-23(31)26-22(28)16-5-10-19-20(12-16)30-13-29-19/h2-12H,13H2,1H3,(H,24,27)(H2,25,26,28,31). The van der Waals surface area contributed by atoms with Crippen LogP contribution in [0.3, 0.4) is 0 Å². The van der Waals surface area contributed by atoms with Crippen LogP contribution in [0.1, 0.15) is 26.3 Å². The molecule has 0 fully saturated rings. The predicted molar refractivity (Wildman–Crippen MR) is 122 cm³/mol. The summed E-state index contributed by atoms with van der Waals surface area (Å²) in [6, 6.07) is 19.3. The van der Waals surface area contributed by atoms with Crippen molar-refractivity contribution >= 4 is 40.5 Å². The Hall–Kier alpha value is -3.91. The molecule has 0 saturated heterocycles. The van der Waals surface area contributed by atoms with Crippen LogP contribution in [0.2, 0.25) is 0 Å². The number of benzene rings is 3. The summed E-state index contributed by atoms with van der Waals surface area (Å²) < 4.78 is 10.5. The van der Waals surface area contributed by atoms with Gasteiger partial charge in [-0.25, -0.2) is 0 Å². The van der Waals surface area contributed by atoms with Gasteiger partial charge in [-0.3, -0.25) is 14.9 Å². The first-order valence-electron chi connectivity index (χ1n) is 9.48. The second-order valence-corrected chi connectivity index (χ2v) is 7.29. The number of anilines is 2. The van der Waals surface area contributed by atoms with E-state index in [-0.39, 0.29) is 23.7 Å². The van der Waals surface area contributed by atoms with Crippen molar-refractivity contribution in [3.63, 3.8) is 0 Å². The molecular formula is C23H19N3O4S. The quantitative estimate of drug-likeness (QED) is 0.537. The summed E-state index contributed by atoms with van der Waals surface area (Å²) in [6.07, 6.45) is 0. The van der Waals surface area contributed by atoms with Crippen LogP contribution in [0.25, 0.3) is 0 Å². The van der Waals surface area contributed by atoms with E-state index in [1.165, 1.54) is 0 Å². The molecule has 0 saturated carbocycles. The number of hydrogen-bond acceptors (Lipinski definition) is 5. The van der Waals surface area contributed by atoms with Gasteiger partial charge in [0.2, 0.25) is 6.79 Å². The van der Waals surface area contributed by atoms with Gasteiger partial charge >= 0.3 is 0 Å². The van der Waals surface area contributed by atoms with E-state index in [9.17, 15) is 9.59 Å². The van der Waals surface area contributed by atoms with E-state index in [2.05, 4.69) is 16.0 Å². The molecule has 1 aliphatic heterocycles. The van der Waals surface area contributed by atoms with Crippen molar-refractivity contribution in [1.82, 2.24) is 5.32 Å². The number of rotatable bonds is 4. The van der Waals surface area contributed by atoms with Crippen molar-refractivity contribution in [1.29, 1.82) is 0 Å². The van der Waals surface area contributed by atoms with Crippen molar-refractivity contribution in [2.24, 2.45) is 0 Å². The Morgan fingerprint density at radius 2 is 1.48 bits per heavy atom. The first-order chi connectivity index (χ1) is 15.0. The molecule has 0 atom stereocenters. The Bertz CT molecular complexity index is 1160. The summed E-state index contributed by atoms with van der Waals surface area (Å²) >= 11 is 5.22. The van der Waals surface area contributed by atoms with Gasteiger partial charge in [-0.1, -0.05) is 17.7 Å². The zero-order valence-electron chi connectivity index (χ0n) is 16.6. The maximum absolute atomic E-state index is 12.4. The second kappa shape index (κ2) is 8.85. The van der Waals surface area contributed by atoms with Gasteiger partial charge in [-0.2, -0.15) is 0 Å². The molecule has 1 aliphatic rings. The van der Waals surface area contributed by atoms with Gasteiger partial charge in [-0.05, 0) is 73.7 Å². The lowest BCUT2D eigenvalue weighted by Gasteiger charge is -2.11. The van der Waals surface area contributed by atoms with E-state index < -0.39 is 0 Å². The summed E-state index contributed by atoms with van der Waals surface area (Å²) in [5, 5.41) is 8.57. The predicted octanol–water partition coefficient (Wildman–Crippen LogP) is 4.10. The molecule has 0 unspecified atom stereocenters. The SMILES string of the molecule is Cc1cccc(C(=O)Nc2ccc(NC(=S)NC(=O)c3ccc4c(c3)OCO4)cc2)c1. The maximum atomic E-state index is 12.4. The van der Waals surface area contributed by atoms with Crippen molar-refractivity contribution < 1.29 is 19.1 Å². The van der Waals surface area contributed by atoms with Gasteiger partial charge in [0, 0.05) is 22.5 Å². The number of ether oxygens (including phenoxy) is 2. The fraction of sp³-hybridized carbons (Fsp3) is 0.0870. The van der Waals surface area contributed by atoms with Crippen LogP contribution in [0.5, 0.6) is 11.5 Å². The van der Waals surface area contributed by atoms with E-state index in [0.717, 1.165) is 5.56 Å². The normalized spacial score (nSPS) is 11.5. The van der Waals surface area contributed by atoms with E-state index in [0.29, 0.717) is 34.0 Å². The van der Waals surface area contributed by atoms with Gasteiger partial charge < -0.3 is 20.1 Å². The molecule has 3 N–H and O–H groups in total. The highest BCUT2D eigenvalue weighted by Gasteiger charge is 2.17. The molecule has 156 valence electrons. The lowest BCUT2D eigenvalue weighted by Crippen LogP contribution is -2.34. The molecular weight excluding hydrogens is 414 g/mol. The smallest absolute Gasteiger partial charge is 0.257 e. The third-order valence-corrected chi connectivity index (χ3v) is 4.75. The summed E-state index contributed by atoms with van der Waals surface area (Å²) in [7, 11) is 0. The molecule has 0 bridgehead atoms. The highest BCUT2D eigenvalue weighted by atomic mass is 32.1. The fourth-order valence-corrected chi connectivity index (χ4v) is 3.21. The number of thiocarbonyl (C=S) groups is 1. The van der Waals surface area contributed by atoms with Gasteiger partial charge in [0.15, 0.2) is 16.6 Å². The minimum Gasteiger partial charge on any atom is -0.454 e. The molecule has 31 heavy (non-hydrogen) atoms. The minimum atomic E-state index is -0.363. The molecule has 3 aromatic carbocycles. The number of amides is 2. The Morgan fingerprint density at radius 3 is 2.23 bits per heavy atom. The van der Waals surface area contributed by atoms with E-state index in [1.54, 1.807) is 48.5 Å². The zero-order valence-corrected chi connectivity index (χ0v) is 17.4. The number of nitrogens with one attached hydrogen (secondary N) is 3. The topological polar surface area (TPSA) is 88.7 Å². The third-order valence-electron chi connectivity index (χ3n) is 4.54. The van der Waals surface area contributed by atoms with E-state index in [1.807, 2.05) is 25.1 Å². The van der Waals surface area contributed by atoms with Crippen molar-refractivity contribution in [3.05, 3.63) is 83.4 Å². The van der Waals surface area contributed by atoms with Gasteiger partial charge in [0.1, 0.15) is 0 Å². The van der Waals surface area contributed by atoms with Crippen molar-refractivity contribution in [2.45, 2.75) is 6.92 Å². The van der Waals surface area contributed by atoms with Crippen LogP contribution >= 0.6 is 12.2 Å². The minimum absolute atomic E-state index is 0.141. The second-order valence-electron chi connectivity index (χ2n) is 6.88. The number of aryl methyl sites for hydroxylation is 1. The van der Waals surface area contributed by atoms with E-state index in [4.69, 9.17) is 21.7 Å². The Kier molecular flexibility index (Phi) is 5.81. The molecule has 7 nitrogen and oxygen atoms in total. The maximum Gasteiger partial charge on any atom is 0.257 e. The lowest BCUT2D eigenvalue weighted by molar-refractivity contribution is 0.0976. The average Bonchev–Trinajstić information content (AvgIpc) is 3.23. The molecule has 1 heterocycles. The van der Waals surface area contributed by atoms with Crippen LogP contribution in [0.15, 0.2) is 66.7 Å². The Balaban J connectivity index is 1.32. The van der Waals surface area contributed by atoms with Crippen LogP contribution in [0.4, 0.5) is 11.4 Å². The third kappa shape index (κ3) is 4.99. The van der Waals surface area contributed by atoms with Gasteiger partial charge in [0.25, 0.3) is 11.8 Å². The lowest BCUT2D eigenvalue weighted by atomic mass is 10.1. The first kappa shape index (κ1) is 20.4. The highest BCUT2D eigenvalue weighted by molar-refractivity contribution is 7.80. The molecule has 4 rings (SSSR count). The largest absolute Gasteiger partial charge is 0.454 e. The van der Waals surface area contributed by atoms with Crippen LogP contribution in [0, 0.1) is 6.92 Å². The van der Waals surface area contributed by atoms with Crippen LogP contribution in [-0.2, 0) is 0 Å². The average molecular weight is 433 g/mol. The molecule has 3 aromatic rings. The van der Waals surface area contributed by atoms with Crippen molar-refractivity contribution in [2.75, 3.05) is 17.4 Å². The number of hydrogen-bond donors (Lipinski definition) is 3. The molecule has 0 radical (unpaired) electrons. The summed E-state index contributed by atoms with van der Waals surface area (Å²) in [6.45, 7) is 2.08. The monoisotopic (exact) mass is 433 g/mol. The number of carbonyl (C=O) groups is 2.